The molecule has 0 aliphatic heterocycles. The summed E-state index contributed by atoms with van der Waals surface area (Å²) in [6.07, 6.45) is 6.15. The number of carbonyl (C=O) groups is 1. The molecule has 0 atom stereocenters. The highest BCUT2D eigenvalue weighted by Crippen LogP contribution is 2.32. The summed E-state index contributed by atoms with van der Waals surface area (Å²) < 4.78 is 5.55. The fraction of sp³-hybridized carbons (Fsp3) is 0.550. The number of carbonyl (C=O) groups excluding carboxylic acids is 1. The van der Waals surface area contributed by atoms with Gasteiger partial charge < -0.3 is 15.2 Å². The first-order chi connectivity index (χ1) is 11.6. The molecule has 4 nitrogen and oxygen atoms in total. The van der Waals surface area contributed by atoms with E-state index < -0.39 is 0 Å². The molecule has 0 aromatic heterocycles. The van der Waals surface area contributed by atoms with Crippen LogP contribution >= 0.6 is 0 Å². The number of nitrogens with one attached hydrogen (secondary N) is 1. The van der Waals surface area contributed by atoms with Gasteiger partial charge in [0.2, 0.25) is 0 Å². The van der Waals surface area contributed by atoms with Crippen LogP contribution in [0.25, 0.3) is 0 Å². The van der Waals surface area contributed by atoms with E-state index in [1.54, 1.807) is 18.2 Å². The second-order valence-electron chi connectivity index (χ2n) is 5.45. The number of phenolic OH excluding ortho intramolecular Hbond substituents is 1. The first kappa shape index (κ1) is 22.0. The van der Waals surface area contributed by atoms with E-state index in [1.165, 1.54) is 18.9 Å². The average Bonchev–Trinajstić information content (AvgIpc) is 3.41. The number of hydrogen-bond donors (Lipinski definition) is 2. The van der Waals surface area contributed by atoms with Crippen LogP contribution in [0.15, 0.2) is 30.9 Å². The Morgan fingerprint density at radius 3 is 2.58 bits per heavy atom. The quantitative estimate of drug-likeness (QED) is 0.549. The lowest BCUT2D eigenvalue weighted by atomic mass is 10.2. The standard InChI is InChI=1S/C15H21NO3.C3H6.C2H6/c1-2-3-8-16-15(18)12-6-7-13(17)14(9-12)19-10-11-4-5-11;1-3-2;1-2/h6-7,9,11,17H,2-5,8,10H2,1H3,(H,16,18);3H,1H2,2H3;1-2H3. The zero-order valence-electron chi connectivity index (χ0n) is 15.6. The monoisotopic (exact) mass is 335 g/mol. The summed E-state index contributed by atoms with van der Waals surface area (Å²) in [5.74, 6) is 0.979. The Bertz CT molecular complexity index is 482. The maximum absolute atomic E-state index is 11.9. The van der Waals surface area contributed by atoms with Crippen molar-refractivity contribution in [3.05, 3.63) is 36.4 Å². The maximum atomic E-state index is 11.9. The maximum Gasteiger partial charge on any atom is 0.251 e. The molecule has 0 unspecified atom stereocenters. The average molecular weight is 335 g/mol. The SMILES string of the molecule is C=CC.CC.CCCCNC(=O)c1ccc(O)c(OCC2CC2)c1. The van der Waals surface area contributed by atoms with E-state index in [4.69, 9.17) is 4.74 Å². The van der Waals surface area contributed by atoms with Gasteiger partial charge in [-0.2, -0.15) is 0 Å². The molecule has 0 spiro atoms. The third-order valence-electron chi connectivity index (χ3n) is 3.21. The summed E-state index contributed by atoms with van der Waals surface area (Å²) in [7, 11) is 0. The van der Waals surface area contributed by atoms with Crippen LogP contribution in [0.1, 0.15) is 63.7 Å². The van der Waals surface area contributed by atoms with Crippen LogP contribution < -0.4 is 10.1 Å². The summed E-state index contributed by atoms with van der Waals surface area (Å²) in [6, 6.07) is 4.73. The number of amides is 1. The molecule has 1 amide bonds. The highest BCUT2D eigenvalue weighted by atomic mass is 16.5. The van der Waals surface area contributed by atoms with Gasteiger partial charge in [-0.25, -0.2) is 0 Å². The van der Waals surface area contributed by atoms with E-state index in [2.05, 4.69) is 18.8 Å². The van der Waals surface area contributed by atoms with E-state index in [0.29, 0.717) is 30.4 Å². The summed E-state index contributed by atoms with van der Waals surface area (Å²) >= 11 is 0. The Labute approximate surface area is 146 Å². The van der Waals surface area contributed by atoms with E-state index in [-0.39, 0.29) is 11.7 Å². The van der Waals surface area contributed by atoms with Crippen molar-refractivity contribution in [3.8, 4) is 11.5 Å². The van der Waals surface area contributed by atoms with Crippen molar-refractivity contribution in [1.29, 1.82) is 0 Å². The van der Waals surface area contributed by atoms with Gasteiger partial charge in [0.1, 0.15) is 0 Å². The first-order valence-electron chi connectivity index (χ1n) is 8.93. The molecule has 0 saturated heterocycles. The molecule has 1 aliphatic carbocycles. The van der Waals surface area contributed by atoms with Gasteiger partial charge in [-0.3, -0.25) is 4.79 Å². The van der Waals surface area contributed by atoms with Gasteiger partial charge in [-0.1, -0.05) is 33.3 Å². The Balaban J connectivity index is 0.000000952. The summed E-state index contributed by atoms with van der Waals surface area (Å²) in [6.45, 7) is 12.6. The molecule has 1 aromatic carbocycles. The molecular formula is C20H33NO3. The smallest absolute Gasteiger partial charge is 0.251 e. The molecule has 4 heteroatoms. The number of rotatable bonds is 7. The molecule has 2 N–H and O–H groups in total. The van der Waals surface area contributed by atoms with Crippen molar-refractivity contribution >= 4 is 5.91 Å². The highest BCUT2D eigenvalue weighted by Gasteiger charge is 2.22. The molecule has 2 rings (SSSR count). The fourth-order valence-corrected chi connectivity index (χ4v) is 1.74. The lowest BCUT2D eigenvalue weighted by Crippen LogP contribution is -2.24. The van der Waals surface area contributed by atoms with Crippen LogP contribution in [0.5, 0.6) is 11.5 Å². The van der Waals surface area contributed by atoms with Crippen molar-refractivity contribution in [3.63, 3.8) is 0 Å². The van der Waals surface area contributed by atoms with Crippen LogP contribution in [-0.2, 0) is 0 Å². The van der Waals surface area contributed by atoms with Crippen molar-refractivity contribution in [1.82, 2.24) is 5.32 Å². The summed E-state index contributed by atoms with van der Waals surface area (Å²) in [4.78, 5) is 11.9. The molecule has 136 valence electrons. The zero-order chi connectivity index (χ0) is 18.4. The zero-order valence-corrected chi connectivity index (χ0v) is 15.6. The number of phenols is 1. The van der Waals surface area contributed by atoms with Crippen molar-refractivity contribution in [2.45, 2.75) is 53.4 Å². The van der Waals surface area contributed by atoms with Gasteiger partial charge in [0, 0.05) is 12.1 Å². The molecule has 1 saturated carbocycles. The van der Waals surface area contributed by atoms with E-state index in [9.17, 15) is 9.90 Å². The molecule has 1 aromatic rings. The Kier molecular flexibility index (Phi) is 12.4. The normalized spacial score (nSPS) is 12.0. The summed E-state index contributed by atoms with van der Waals surface area (Å²) in [5, 5.41) is 12.6. The lowest BCUT2D eigenvalue weighted by Gasteiger charge is -2.10. The van der Waals surface area contributed by atoms with Gasteiger partial charge in [0.25, 0.3) is 5.91 Å². The van der Waals surface area contributed by atoms with E-state index in [1.807, 2.05) is 20.8 Å². The van der Waals surface area contributed by atoms with Gasteiger partial charge >= 0.3 is 0 Å². The number of aromatic hydroxyl groups is 1. The van der Waals surface area contributed by atoms with Crippen LogP contribution in [-0.4, -0.2) is 24.2 Å². The highest BCUT2D eigenvalue weighted by molar-refractivity contribution is 5.94. The Hall–Kier alpha value is -1.97. The molecule has 24 heavy (non-hydrogen) atoms. The van der Waals surface area contributed by atoms with E-state index >= 15 is 0 Å². The van der Waals surface area contributed by atoms with E-state index in [0.717, 1.165) is 12.8 Å². The molecular weight excluding hydrogens is 302 g/mol. The number of allylic oxidation sites excluding steroid dienone is 1. The number of unbranched alkanes of at least 4 members (excludes halogenated alkanes) is 1. The summed E-state index contributed by atoms with van der Waals surface area (Å²) in [5.41, 5.74) is 0.528. The minimum atomic E-state index is -0.121. The third-order valence-corrected chi connectivity index (χ3v) is 3.21. The van der Waals surface area contributed by atoms with Gasteiger partial charge in [0.15, 0.2) is 11.5 Å². The lowest BCUT2D eigenvalue weighted by molar-refractivity contribution is 0.0952. The molecule has 0 bridgehead atoms. The number of hydrogen-bond acceptors (Lipinski definition) is 3. The molecule has 1 aliphatic rings. The number of ether oxygens (including phenoxy) is 1. The molecule has 0 radical (unpaired) electrons. The predicted molar refractivity (Wildman–Crippen MR) is 101 cm³/mol. The fourth-order valence-electron chi connectivity index (χ4n) is 1.74. The van der Waals surface area contributed by atoms with Crippen LogP contribution in [0.2, 0.25) is 0 Å². The topological polar surface area (TPSA) is 58.6 Å². The molecule has 0 heterocycles. The predicted octanol–water partition coefficient (Wildman–Crippen LogP) is 4.93. The van der Waals surface area contributed by atoms with Crippen molar-refractivity contribution < 1.29 is 14.6 Å². The first-order valence-corrected chi connectivity index (χ1v) is 8.93. The largest absolute Gasteiger partial charge is 0.504 e. The Morgan fingerprint density at radius 1 is 1.42 bits per heavy atom. The minimum absolute atomic E-state index is 0.0887. The van der Waals surface area contributed by atoms with Gasteiger partial charge in [0.05, 0.1) is 6.61 Å². The van der Waals surface area contributed by atoms with Crippen molar-refractivity contribution in [2.24, 2.45) is 5.92 Å². The second kappa shape index (κ2) is 13.5. The third kappa shape index (κ3) is 9.23. The minimum Gasteiger partial charge on any atom is -0.504 e. The van der Waals surface area contributed by atoms with Crippen LogP contribution in [0, 0.1) is 5.92 Å². The second-order valence-corrected chi connectivity index (χ2v) is 5.45. The molecule has 1 fully saturated rings. The van der Waals surface area contributed by atoms with Gasteiger partial charge in [-0.15, -0.1) is 6.58 Å². The van der Waals surface area contributed by atoms with Crippen LogP contribution in [0.3, 0.4) is 0 Å². The van der Waals surface area contributed by atoms with Crippen molar-refractivity contribution in [2.75, 3.05) is 13.2 Å². The number of benzene rings is 1. The van der Waals surface area contributed by atoms with Crippen LogP contribution in [0.4, 0.5) is 0 Å². The Morgan fingerprint density at radius 2 is 2.04 bits per heavy atom. The van der Waals surface area contributed by atoms with Gasteiger partial charge in [-0.05, 0) is 50.3 Å².